The predicted molar refractivity (Wildman–Crippen MR) is 82.1 cm³/mol. The number of anilines is 1. The van der Waals surface area contributed by atoms with Crippen molar-refractivity contribution in [3.8, 4) is 5.75 Å². The van der Waals surface area contributed by atoms with E-state index in [0.29, 0.717) is 0 Å². The van der Waals surface area contributed by atoms with Gasteiger partial charge in [0.2, 0.25) is 0 Å². The molecule has 1 aromatic carbocycles. The molecule has 1 fully saturated rings. The molecule has 3 rings (SSSR count). The van der Waals surface area contributed by atoms with Gasteiger partial charge in [-0.3, -0.25) is 4.79 Å². The molecule has 0 aromatic heterocycles. The maximum atomic E-state index is 11.4. The molecule has 1 saturated heterocycles. The van der Waals surface area contributed by atoms with Crippen LogP contribution in [0.15, 0.2) is 23.8 Å². The van der Waals surface area contributed by atoms with Crippen LogP contribution in [-0.4, -0.2) is 45.1 Å². The number of carbonyl (C=O) groups excluding carboxylic acids is 1. The summed E-state index contributed by atoms with van der Waals surface area (Å²) in [6, 6.07) is 5.88. The van der Waals surface area contributed by atoms with Crippen LogP contribution in [0.1, 0.15) is 18.4 Å². The molecule has 109 valence electrons. The van der Waals surface area contributed by atoms with Crippen LogP contribution < -0.4 is 10.1 Å². The number of nitrogens with one attached hydrogen (secondary N) is 1. The van der Waals surface area contributed by atoms with Crippen molar-refractivity contribution in [2.24, 2.45) is 0 Å². The third-order valence-corrected chi connectivity index (χ3v) is 3.61. The van der Waals surface area contributed by atoms with Gasteiger partial charge in [0.25, 0.3) is 5.91 Å². The summed E-state index contributed by atoms with van der Waals surface area (Å²) in [7, 11) is 3.44. The SMILES string of the molecule is CO[B]N1CCCC(=Cc2ccc3c(c2)NC(=O)CO3)C1. The lowest BCUT2D eigenvalue weighted by Crippen LogP contribution is -2.35. The standard InChI is InChI=1S/C15H18BN2O3/c1-20-16-18-6-2-3-12(9-18)7-11-4-5-14-13(8-11)17-15(19)10-21-14/h4-5,7-8H,2-3,6,9-10H2,1H3,(H,17,19). The van der Waals surface area contributed by atoms with Crippen molar-refractivity contribution >= 4 is 25.3 Å². The quantitative estimate of drug-likeness (QED) is 0.858. The first-order valence-corrected chi connectivity index (χ1v) is 7.11. The highest BCUT2D eigenvalue weighted by atomic mass is 16.5. The van der Waals surface area contributed by atoms with Crippen LogP contribution >= 0.6 is 0 Å². The van der Waals surface area contributed by atoms with E-state index in [1.807, 2.05) is 18.2 Å². The lowest BCUT2D eigenvalue weighted by Gasteiger charge is -2.27. The maximum absolute atomic E-state index is 11.4. The zero-order valence-corrected chi connectivity index (χ0v) is 12.1. The molecular weight excluding hydrogens is 267 g/mol. The number of hydrogen-bond donors (Lipinski definition) is 1. The zero-order valence-electron chi connectivity index (χ0n) is 12.1. The molecule has 0 unspecified atom stereocenters. The van der Waals surface area contributed by atoms with Gasteiger partial charge in [-0.2, -0.15) is 0 Å². The molecule has 21 heavy (non-hydrogen) atoms. The van der Waals surface area contributed by atoms with Crippen LogP contribution in [0.25, 0.3) is 6.08 Å². The molecule has 5 nitrogen and oxygen atoms in total. The lowest BCUT2D eigenvalue weighted by molar-refractivity contribution is -0.118. The van der Waals surface area contributed by atoms with Crippen molar-refractivity contribution in [3.05, 3.63) is 29.3 Å². The van der Waals surface area contributed by atoms with Crippen molar-refractivity contribution in [1.82, 2.24) is 4.81 Å². The molecule has 1 radical (unpaired) electrons. The number of carbonyl (C=O) groups is 1. The number of amides is 1. The Morgan fingerprint density at radius 1 is 1.48 bits per heavy atom. The monoisotopic (exact) mass is 285 g/mol. The summed E-state index contributed by atoms with van der Waals surface area (Å²) in [5.74, 6) is 0.626. The first kappa shape index (κ1) is 14.2. The van der Waals surface area contributed by atoms with Gasteiger partial charge in [-0.15, -0.1) is 0 Å². The van der Waals surface area contributed by atoms with Gasteiger partial charge in [0, 0.05) is 13.7 Å². The van der Waals surface area contributed by atoms with Crippen LogP contribution in [0.4, 0.5) is 5.69 Å². The fraction of sp³-hybridized carbons (Fsp3) is 0.400. The largest absolute Gasteiger partial charge is 0.482 e. The fourth-order valence-electron chi connectivity index (χ4n) is 2.71. The average Bonchev–Trinajstić information content (AvgIpc) is 2.47. The van der Waals surface area contributed by atoms with Crippen LogP contribution in [0.2, 0.25) is 0 Å². The molecule has 2 aliphatic rings. The minimum atomic E-state index is -0.106. The molecular formula is C15H18BN2O3. The minimum absolute atomic E-state index is 0.0925. The number of hydrogen-bond acceptors (Lipinski definition) is 4. The van der Waals surface area contributed by atoms with E-state index in [0.717, 1.165) is 42.9 Å². The van der Waals surface area contributed by atoms with Crippen molar-refractivity contribution in [3.63, 3.8) is 0 Å². The van der Waals surface area contributed by atoms with E-state index < -0.39 is 0 Å². The Morgan fingerprint density at radius 3 is 3.24 bits per heavy atom. The third-order valence-electron chi connectivity index (χ3n) is 3.61. The molecule has 1 amide bonds. The molecule has 0 bridgehead atoms. The number of piperidine rings is 1. The highest BCUT2D eigenvalue weighted by molar-refractivity contribution is 6.23. The van der Waals surface area contributed by atoms with Crippen LogP contribution in [0, 0.1) is 0 Å². The molecule has 0 atom stereocenters. The summed E-state index contributed by atoms with van der Waals surface area (Å²) in [5.41, 5.74) is 3.18. The Balaban J connectivity index is 1.76. The second kappa shape index (κ2) is 6.32. The van der Waals surface area contributed by atoms with E-state index in [2.05, 4.69) is 16.2 Å². The summed E-state index contributed by atoms with van der Waals surface area (Å²) in [6.45, 7) is 2.00. The highest BCUT2D eigenvalue weighted by Crippen LogP contribution is 2.29. The summed E-state index contributed by atoms with van der Waals surface area (Å²) in [5, 5.41) is 2.84. The molecule has 1 N–H and O–H groups in total. The van der Waals surface area contributed by atoms with E-state index in [4.69, 9.17) is 9.39 Å². The van der Waals surface area contributed by atoms with Gasteiger partial charge in [0.15, 0.2) is 6.61 Å². The number of rotatable bonds is 3. The van der Waals surface area contributed by atoms with E-state index >= 15 is 0 Å². The summed E-state index contributed by atoms with van der Waals surface area (Å²) < 4.78 is 10.4. The Kier molecular flexibility index (Phi) is 4.27. The number of ether oxygens (including phenoxy) is 1. The molecule has 6 heteroatoms. The minimum Gasteiger partial charge on any atom is -0.482 e. The van der Waals surface area contributed by atoms with Gasteiger partial charge in [0.1, 0.15) is 5.75 Å². The first-order chi connectivity index (χ1) is 10.2. The van der Waals surface area contributed by atoms with Gasteiger partial charge >= 0.3 is 7.62 Å². The zero-order chi connectivity index (χ0) is 14.7. The second-order valence-electron chi connectivity index (χ2n) is 5.31. The van der Waals surface area contributed by atoms with Gasteiger partial charge < -0.3 is 19.5 Å². The Hall–Kier alpha value is -1.79. The number of fused-ring (bicyclic) bond motifs is 1. The van der Waals surface area contributed by atoms with Crippen LogP contribution in [0.5, 0.6) is 5.75 Å². The lowest BCUT2D eigenvalue weighted by atomic mass is 9.97. The van der Waals surface area contributed by atoms with E-state index in [-0.39, 0.29) is 12.5 Å². The van der Waals surface area contributed by atoms with E-state index in [9.17, 15) is 4.79 Å². The molecule has 0 spiro atoms. The van der Waals surface area contributed by atoms with Gasteiger partial charge in [-0.05, 0) is 37.1 Å². The van der Waals surface area contributed by atoms with Gasteiger partial charge in [-0.25, -0.2) is 0 Å². The Labute approximate surface area is 125 Å². The van der Waals surface area contributed by atoms with E-state index in [1.165, 1.54) is 5.57 Å². The van der Waals surface area contributed by atoms with Crippen molar-refractivity contribution < 1.29 is 14.2 Å². The third kappa shape index (κ3) is 3.46. The number of nitrogens with zero attached hydrogens (tertiary/aromatic N) is 1. The van der Waals surface area contributed by atoms with Crippen LogP contribution in [0.3, 0.4) is 0 Å². The van der Waals surface area contributed by atoms with Crippen molar-refractivity contribution in [2.45, 2.75) is 12.8 Å². The average molecular weight is 285 g/mol. The summed E-state index contributed by atoms with van der Waals surface area (Å²) in [4.78, 5) is 13.5. The van der Waals surface area contributed by atoms with Crippen molar-refractivity contribution in [1.29, 1.82) is 0 Å². The summed E-state index contributed by atoms with van der Waals surface area (Å²) >= 11 is 0. The molecule has 2 heterocycles. The topological polar surface area (TPSA) is 50.8 Å². The molecule has 1 aromatic rings. The Bertz CT molecular complexity index is 572. The van der Waals surface area contributed by atoms with Crippen LogP contribution in [-0.2, 0) is 9.45 Å². The summed E-state index contributed by atoms with van der Waals surface area (Å²) in [6.07, 6.45) is 4.39. The highest BCUT2D eigenvalue weighted by Gasteiger charge is 2.17. The maximum Gasteiger partial charge on any atom is 0.398 e. The molecule has 0 saturated carbocycles. The molecule has 0 aliphatic carbocycles. The molecule has 2 aliphatic heterocycles. The second-order valence-corrected chi connectivity index (χ2v) is 5.31. The number of benzene rings is 1. The predicted octanol–water partition coefficient (Wildman–Crippen LogP) is 1.68. The Morgan fingerprint density at radius 2 is 2.38 bits per heavy atom. The van der Waals surface area contributed by atoms with E-state index in [1.54, 1.807) is 14.7 Å². The normalized spacial score (nSPS) is 20.6. The fourth-order valence-corrected chi connectivity index (χ4v) is 2.71. The van der Waals surface area contributed by atoms with Gasteiger partial charge in [-0.1, -0.05) is 17.7 Å². The van der Waals surface area contributed by atoms with Gasteiger partial charge in [0.05, 0.1) is 5.69 Å². The van der Waals surface area contributed by atoms with Crippen molar-refractivity contribution in [2.75, 3.05) is 32.1 Å². The first-order valence-electron chi connectivity index (χ1n) is 7.11. The smallest absolute Gasteiger partial charge is 0.398 e.